The molecule has 13 heavy (non-hydrogen) atoms. The van der Waals surface area contributed by atoms with Gasteiger partial charge >= 0.3 is 87.0 Å². The van der Waals surface area contributed by atoms with Crippen LogP contribution in [0, 0.1) is 0 Å². The van der Waals surface area contributed by atoms with Crippen LogP contribution in [0.2, 0.25) is 0 Å². The third kappa shape index (κ3) is 4.46. The van der Waals surface area contributed by atoms with Crippen LogP contribution in [0.15, 0.2) is 0 Å². The molecule has 0 amide bonds. The second-order valence-electron chi connectivity index (χ2n) is 3.89. The Balaban J connectivity index is 2.49. The molecule has 0 aromatic heterocycles. The third-order valence-corrected chi connectivity index (χ3v) is 11.0. The van der Waals surface area contributed by atoms with E-state index in [0.717, 1.165) is 5.66 Å². The number of rotatable bonds is 0. The zero-order chi connectivity index (χ0) is 9.68. The SMILES string of the molecule is B#P(B)P(#P)C1CCCCCCC1. The summed E-state index contributed by atoms with van der Waals surface area (Å²) in [6.07, 6.45) is 9.90. The van der Waals surface area contributed by atoms with E-state index in [1.54, 1.807) is 0 Å². The van der Waals surface area contributed by atoms with E-state index in [4.69, 9.17) is 15.4 Å². The van der Waals surface area contributed by atoms with Crippen LogP contribution in [-0.4, -0.2) is 20.2 Å². The molecule has 1 fully saturated rings. The first-order valence-corrected chi connectivity index (χ1v) is 10.3. The van der Waals surface area contributed by atoms with Crippen molar-refractivity contribution in [1.82, 2.24) is 0 Å². The minimum absolute atomic E-state index is 0.150. The Morgan fingerprint density at radius 2 is 1.54 bits per heavy atom. The summed E-state index contributed by atoms with van der Waals surface area (Å²) in [4.78, 5) is 0. The quantitative estimate of drug-likeness (QED) is 0.435. The second-order valence-corrected chi connectivity index (χ2v) is 11.8. The zero-order valence-electron chi connectivity index (χ0n) is 8.45. The molecule has 1 aliphatic rings. The molecule has 1 aliphatic carbocycles. The topological polar surface area (TPSA) is 0 Å². The van der Waals surface area contributed by atoms with E-state index in [2.05, 4.69) is 7.57 Å². The van der Waals surface area contributed by atoms with Crippen LogP contribution in [0.3, 0.4) is 0 Å². The molecule has 0 aromatic rings. The molecule has 1 rings (SSSR count). The molecule has 0 bridgehead atoms. The Morgan fingerprint density at radius 1 is 1.08 bits per heavy atom. The fourth-order valence-electron chi connectivity index (χ4n) is 1.92. The fraction of sp³-hybridized carbons (Fsp3) is 1.00. The number of hydrogen-bond donors (Lipinski definition) is 0. The monoisotopic (exact) mass is 228 g/mol. The van der Waals surface area contributed by atoms with Gasteiger partial charge in [-0.1, -0.05) is 0 Å². The summed E-state index contributed by atoms with van der Waals surface area (Å²) in [6, 6.07) is 0. The molecule has 0 saturated heterocycles. The van der Waals surface area contributed by atoms with E-state index in [-0.39, 0.29) is 13.5 Å². The first-order valence-electron chi connectivity index (χ1n) is 5.18. The van der Waals surface area contributed by atoms with Gasteiger partial charge in [-0.3, -0.25) is 0 Å². The Morgan fingerprint density at radius 3 is 2.00 bits per heavy atom. The van der Waals surface area contributed by atoms with E-state index in [9.17, 15) is 0 Å². The minimum atomic E-state index is -0.276. The molecule has 0 nitrogen and oxygen atoms in total. The van der Waals surface area contributed by atoms with Crippen molar-refractivity contribution in [2.45, 2.75) is 50.6 Å². The van der Waals surface area contributed by atoms with Crippen LogP contribution in [-0.2, 0) is 0 Å². The van der Waals surface area contributed by atoms with Crippen LogP contribution in [0.1, 0.15) is 44.9 Å². The van der Waals surface area contributed by atoms with Gasteiger partial charge in [0.2, 0.25) is 0 Å². The van der Waals surface area contributed by atoms with Crippen molar-refractivity contribution in [3.8, 4) is 0 Å². The van der Waals surface area contributed by atoms with Crippen molar-refractivity contribution in [1.29, 1.82) is 0 Å². The van der Waals surface area contributed by atoms with Gasteiger partial charge in [-0.15, -0.1) is 0 Å². The maximum atomic E-state index is 5.97. The van der Waals surface area contributed by atoms with E-state index < -0.39 is 0 Å². The summed E-state index contributed by atoms with van der Waals surface area (Å²) in [6.45, 7) is -0.426. The van der Waals surface area contributed by atoms with Crippen molar-refractivity contribution in [3.63, 3.8) is 0 Å². The molecule has 2 unspecified atom stereocenters. The third-order valence-electron chi connectivity index (χ3n) is 2.72. The summed E-state index contributed by atoms with van der Waals surface area (Å²) in [5.41, 5.74) is 0.861. The molecule has 0 radical (unpaired) electrons. The standard InChI is InChI=1S/C8H17B2P3/c9-13(10)12(11)8-6-4-2-1-3-5-7-8/h8H,1-7,9H2. The Hall–Kier alpha value is 1.16. The fourth-order valence-corrected chi connectivity index (χ4v) is 6.20. The molecule has 0 N–H and O–H groups in total. The molecule has 0 aliphatic heterocycles. The summed E-state index contributed by atoms with van der Waals surface area (Å²) in [7, 11) is 12.9. The van der Waals surface area contributed by atoms with Gasteiger partial charge in [0.25, 0.3) is 0 Å². The predicted octanol–water partition coefficient (Wildman–Crippen LogP) is 3.94. The predicted molar refractivity (Wildman–Crippen MR) is 71.2 cm³/mol. The van der Waals surface area contributed by atoms with Gasteiger partial charge < -0.3 is 0 Å². The normalized spacial score (nSPS) is 23.2. The first-order chi connectivity index (χ1) is 6.22. The van der Waals surface area contributed by atoms with Gasteiger partial charge in [0.1, 0.15) is 0 Å². The molecular weight excluding hydrogens is 211 g/mol. The van der Waals surface area contributed by atoms with Crippen molar-refractivity contribution >= 4 is 36.4 Å². The van der Waals surface area contributed by atoms with Crippen molar-refractivity contribution in [2.75, 3.05) is 0 Å². The summed E-state index contributed by atoms with van der Waals surface area (Å²) in [5, 5.41) is 0. The van der Waals surface area contributed by atoms with E-state index >= 15 is 0 Å². The van der Waals surface area contributed by atoms with E-state index in [1.807, 2.05) is 0 Å². The van der Waals surface area contributed by atoms with E-state index in [0.29, 0.717) is 0 Å². The average Bonchev–Trinajstić information content (AvgIpc) is 2.02. The maximum absolute atomic E-state index is 5.97. The molecule has 0 spiro atoms. The Kier molecular flexibility index (Phi) is 6.22. The van der Waals surface area contributed by atoms with Gasteiger partial charge in [0.05, 0.1) is 0 Å². The van der Waals surface area contributed by atoms with Crippen LogP contribution < -0.4 is 0 Å². The molecule has 2 atom stereocenters. The van der Waals surface area contributed by atoms with Crippen LogP contribution in [0.5, 0.6) is 0 Å². The van der Waals surface area contributed by atoms with Crippen LogP contribution in [0.25, 0.3) is 0 Å². The molecule has 0 heterocycles. The summed E-state index contributed by atoms with van der Waals surface area (Å²) in [5.74, 6) is 0. The van der Waals surface area contributed by atoms with Crippen LogP contribution >= 0.6 is 21.9 Å². The van der Waals surface area contributed by atoms with Gasteiger partial charge in [0, 0.05) is 0 Å². The van der Waals surface area contributed by atoms with Gasteiger partial charge in [0.15, 0.2) is 0 Å². The van der Waals surface area contributed by atoms with Crippen LogP contribution in [0.4, 0.5) is 0 Å². The second kappa shape index (κ2) is 6.61. The zero-order valence-corrected chi connectivity index (χ0v) is 11.1. The molecule has 5 heteroatoms. The molecule has 70 valence electrons. The Bertz CT molecular complexity index is 275. The van der Waals surface area contributed by atoms with Gasteiger partial charge in [-0.2, -0.15) is 0 Å². The average molecular weight is 228 g/mol. The molecular formula is C8H17B2P3. The Labute approximate surface area is 87.3 Å². The molecule has 0 aromatic carbocycles. The number of hydrogen-bond acceptors (Lipinski definition) is 0. The van der Waals surface area contributed by atoms with Crippen molar-refractivity contribution in [2.24, 2.45) is 0 Å². The first kappa shape index (κ1) is 12.2. The van der Waals surface area contributed by atoms with Crippen molar-refractivity contribution in [3.05, 3.63) is 0 Å². The van der Waals surface area contributed by atoms with Crippen molar-refractivity contribution < 1.29 is 0 Å². The molecule has 1 saturated carbocycles. The summed E-state index contributed by atoms with van der Waals surface area (Å²) >= 11 is 0. The van der Waals surface area contributed by atoms with E-state index in [1.165, 1.54) is 44.9 Å². The van der Waals surface area contributed by atoms with Gasteiger partial charge in [-0.05, 0) is 0 Å². The summed E-state index contributed by atoms with van der Waals surface area (Å²) < 4.78 is 0. The van der Waals surface area contributed by atoms with Gasteiger partial charge in [-0.25, -0.2) is 0 Å².